The molecule has 0 aromatic heterocycles. The van der Waals surface area contributed by atoms with Crippen molar-refractivity contribution in [1.82, 2.24) is 0 Å². The van der Waals surface area contributed by atoms with E-state index in [1.807, 2.05) is 0 Å². The summed E-state index contributed by atoms with van der Waals surface area (Å²) in [4.78, 5) is 0. The lowest BCUT2D eigenvalue weighted by Crippen LogP contribution is -2.03. The predicted octanol–water partition coefficient (Wildman–Crippen LogP) is 2.74. The van der Waals surface area contributed by atoms with Gasteiger partial charge in [-0.25, -0.2) is 0 Å². The molecule has 1 nitrogen and oxygen atoms in total. The van der Waals surface area contributed by atoms with E-state index in [0.29, 0.717) is 0 Å². The van der Waals surface area contributed by atoms with Crippen molar-refractivity contribution in [2.75, 3.05) is 7.11 Å². The number of aryl methyl sites for hydroxylation is 1. The molecule has 0 heterocycles. The first-order valence-electron chi connectivity index (χ1n) is 5.06. The number of methoxy groups -OCH3 is 1. The van der Waals surface area contributed by atoms with Crippen molar-refractivity contribution in [3.05, 3.63) is 29.3 Å². The number of benzene rings is 1. The third-order valence-electron chi connectivity index (χ3n) is 3.45. The molecule has 1 heteroatoms. The zero-order valence-electron chi connectivity index (χ0n) is 7.92. The average molecular weight is 174 g/mol. The van der Waals surface area contributed by atoms with Gasteiger partial charge in [0.05, 0.1) is 7.11 Å². The van der Waals surface area contributed by atoms with Crippen LogP contribution in [-0.4, -0.2) is 7.11 Å². The first kappa shape index (κ1) is 7.43. The van der Waals surface area contributed by atoms with Crippen LogP contribution in [0.25, 0.3) is 0 Å². The van der Waals surface area contributed by atoms with Crippen molar-refractivity contribution in [1.29, 1.82) is 0 Å². The summed E-state index contributed by atoms with van der Waals surface area (Å²) in [6.07, 6.45) is 4.05. The first-order chi connectivity index (χ1) is 6.40. The number of ether oxygens (including phenoxy) is 1. The molecule has 0 radical (unpaired) electrons. The quantitative estimate of drug-likeness (QED) is 0.636. The predicted molar refractivity (Wildman–Crippen MR) is 52.2 cm³/mol. The lowest BCUT2D eigenvalue weighted by molar-refractivity contribution is 0.406. The van der Waals surface area contributed by atoms with Crippen molar-refractivity contribution >= 4 is 0 Å². The minimum Gasteiger partial charge on any atom is -0.496 e. The third kappa shape index (κ3) is 0.995. The maximum absolute atomic E-state index is 5.41. The molecule has 68 valence electrons. The van der Waals surface area contributed by atoms with E-state index in [9.17, 15) is 0 Å². The fourth-order valence-electron chi connectivity index (χ4n) is 2.67. The molecular weight excluding hydrogens is 160 g/mol. The monoisotopic (exact) mass is 174 g/mol. The summed E-state index contributed by atoms with van der Waals surface area (Å²) in [5.41, 5.74) is 3.04. The second-order valence-corrected chi connectivity index (χ2v) is 4.17. The fraction of sp³-hybridized carbons (Fsp3) is 0.500. The number of hydrogen-bond acceptors (Lipinski definition) is 1. The van der Waals surface area contributed by atoms with Crippen LogP contribution in [0.5, 0.6) is 5.75 Å². The zero-order valence-corrected chi connectivity index (χ0v) is 7.92. The van der Waals surface area contributed by atoms with E-state index in [-0.39, 0.29) is 0 Å². The van der Waals surface area contributed by atoms with Gasteiger partial charge in [-0.05, 0) is 42.7 Å². The van der Waals surface area contributed by atoms with Crippen LogP contribution >= 0.6 is 0 Å². The van der Waals surface area contributed by atoms with E-state index in [1.54, 1.807) is 7.11 Å². The normalized spacial score (nSPS) is 29.0. The Morgan fingerprint density at radius 3 is 3.15 bits per heavy atom. The molecule has 0 amide bonds. The van der Waals surface area contributed by atoms with Crippen LogP contribution in [0.1, 0.15) is 29.9 Å². The van der Waals surface area contributed by atoms with Gasteiger partial charge in [0.15, 0.2) is 0 Å². The van der Waals surface area contributed by atoms with Crippen LogP contribution in [0.4, 0.5) is 0 Å². The minimum absolute atomic E-state index is 0.833. The first-order valence-corrected chi connectivity index (χ1v) is 5.06. The maximum Gasteiger partial charge on any atom is 0.122 e. The maximum atomic E-state index is 5.41. The number of fused-ring (bicyclic) bond motifs is 3. The summed E-state index contributed by atoms with van der Waals surface area (Å²) in [5, 5.41) is 0. The van der Waals surface area contributed by atoms with Crippen LogP contribution < -0.4 is 4.74 Å². The van der Waals surface area contributed by atoms with Crippen LogP contribution in [0, 0.1) is 5.92 Å². The topological polar surface area (TPSA) is 9.23 Å². The van der Waals surface area contributed by atoms with Crippen LogP contribution in [0.2, 0.25) is 0 Å². The van der Waals surface area contributed by atoms with E-state index in [2.05, 4.69) is 18.2 Å². The van der Waals surface area contributed by atoms with Gasteiger partial charge < -0.3 is 4.74 Å². The molecule has 2 aliphatic rings. The molecule has 2 aliphatic carbocycles. The molecule has 1 saturated carbocycles. The van der Waals surface area contributed by atoms with Crippen molar-refractivity contribution in [2.45, 2.75) is 25.2 Å². The van der Waals surface area contributed by atoms with Crippen molar-refractivity contribution < 1.29 is 4.74 Å². The van der Waals surface area contributed by atoms with Gasteiger partial charge in [-0.1, -0.05) is 12.1 Å². The Balaban J connectivity index is 2.14. The van der Waals surface area contributed by atoms with E-state index in [1.165, 1.54) is 30.4 Å². The Morgan fingerprint density at radius 1 is 1.38 bits per heavy atom. The second kappa shape index (κ2) is 2.50. The molecular formula is C12H14O. The lowest BCUT2D eigenvalue weighted by atomic mass is 9.91. The van der Waals surface area contributed by atoms with E-state index in [4.69, 9.17) is 4.74 Å². The van der Waals surface area contributed by atoms with Gasteiger partial charge in [0.25, 0.3) is 0 Å². The molecule has 0 aliphatic heterocycles. The Hall–Kier alpha value is -0.980. The highest BCUT2D eigenvalue weighted by atomic mass is 16.5. The standard InChI is InChI=1S/C12H14O/c1-13-11-4-2-3-8-5-6-9-7-10(9)12(8)11/h2-4,9-10H,5-7H2,1H3/t9-,10+/m1/s1. The van der Waals surface area contributed by atoms with E-state index in [0.717, 1.165) is 17.6 Å². The van der Waals surface area contributed by atoms with Crippen LogP contribution in [-0.2, 0) is 6.42 Å². The number of rotatable bonds is 1. The summed E-state index contributed by atoms with van der Waals surface area (Å²) < 4.78 is 5.41. The van der Waals surface area contributed by atoms with Gasteiger partial charge in [-0.2, -0.15) is 0 Å². The highest BCUT2D eigenvalue weighted by molar-refractivity contribution is 5.47. The van der Waals surface area contributed by atoms with Crippen molar-refractivity contribution in [2.24, 2.45) is 5.92 Å². The number of hydrogen-bond donors (Lipinski definition) is 0. The van der Waals surface area contributed by atoms with Crippen molar-refractivity contribution in [3.8, 4) is 5.75 Å². The van der Waals surface area contributed by atoms with E-state index < -0.39 is 0 Å². The summed E-state index contributed by atoms with van der Waals surface area (Å²) in [6.45, 7) is 0. The molecule has 13 heavy (non-hydrogen) atoms. The van der Waals surface area contributed by atoms with Crippen molar-refractivity contribution in [3.63, 3.8) is 0 Å². The second-order valence-electron chi connectivity index (χ2n) is 4.17. The fourth-order valence-corrected chi connectivity index (χ4v) is 2.67. The molecule has 0 N–H and O–H groups in total. The summed E-state index contributed by atoms with van der Waals surface area (Å²) in [6, 6.07) is 6.46. The molecule has 0 bridgehead atoms. The third-order valence-corrected chi connectivity index (χ3v) is 3.45. The SMILES string of the molecule is COc1cccc2c1[C@H]1C[C@H]1CC2. The Kier molecular flexibility index (Phi) is 1.43. The molecule has 2 atom stereocenters. The highest BCUT2D eigenvalue weighted by Crippen LogP contribution is 2.56. The summed E-state index contributed by atoms with van der Waals surface area (Å²) in [5.74, 6) is 2.92. The van der Waals surface area contributed by atoms with Gasteiger partial charge in [-0.3, -0.25) is 0 Å². The molecule has 0 unspecified atom stereocenters. The highest BCUT2D eigenvalue weighted by Gasteiger charge is 2.43. The zero-order chi connectivity index (χ0) is 8.84. The molecule has 0 spiro atoms. The van der Waals surface area contributed by atoms with Gasteiger partial charge in [0, 0.05) is 5.56 Å². The molecule has 1 aromatic rings. The van der Waals surface area contributed by atoms with Crippen LogP contribution in [0.15, 0.2) is 18.2 Å². The molecule has 1 aromatic carbocycles. The Labute approximate surface area is 78.7 Å². The molecule has 1 fully saturated rings. The smallest absolute Gasteiger partial charge is 0.122 e. The summed E-state index contributed by atoms with van der Waals surface area (Å²) in [7, 11) is 1.78. The van der Waals surface area contributed by atoms with Gasteiger partial charge in [0.1, 0.15) is 5.75 Å². The molecule has 0 saturated heterocycles. The van der Waals surface area contributed by atoms with E-state index >= 15 is 0 Å². The van der Waals surface area contributed by atoms with Gasteiger partial charge in [0.2, 0.25) is 0 Å². The minimum atomic E-state index is 0.833. The summed E-state index contributed by atoms with van der Waals surface area (Å²) >= 11 is 0. The Morgan fingerprint density at radius 2 is 2.31 bits per heavy atom. The largest absolute Gasteiger partial charge is 0.496 e. The van der Waals surface area contributed by atoms with Gasteiger partial charge in [-0.15, -0.1) is 0 Å². The Bertz CT molecular complexity index is 329. The average Bonchev–Trinajstić information content (AvgIpc) is 2.95. The lowest BCUT2D eigenvalue weighted by Gasteiger charge is -2.17. The van der Waals surface area contributed by atoms with Crippen LogP contribution in [0.3, 0.4) is 0 Å². The van der Waals surface area contributed by atoms with Gasteiger partial charge >= 0.3 is 0 Å². The molecule has 3 rings (SSSR count).